The summed E-state index contributed by atoms with van der Waals surface area (Å²) in [6, 6.07) is 10.1. The van der Waals surface area contributed by atoms with Crippen LogP contribution in [-0.2, 0) is 26.0 Å². The molecule has 0 fully saturated rings. The van der Waals surface area contributed by atoms with E-state index in [9.17, 15) is 18.0 Å². The second-order valence-electron chi connectivity index (χ2n) is 7.67. The lowest BCUT2D eigenvalue weighted by atomic mass is 10.1. The molecule has 0 saturated heterocycles. The molecule has 33 heavy (non-hydrogen) atoms. The Kier molecular flexibility index (Phi) is 5.09. The van der Waals surface area contributed by atoms with Crippen molar-refractivity contribution in [3.63, 3.8) is 0 Å². The van der Waals surface area contributed by atoms with Gasteiger partial charge in [0.05, 0.1) is 22.7 Å². The van der Waals surface area contributed by atoms with Crippen LogP contribution in [-0.4, -0.2) is 45.4 Å². The quantitative estimate of drug-likeness (QED) is 0.597. The predicted molar refractivity (Wildman–Crippen MR) is 125 cm³/mol. The van der Waals surface area contributed by atoms with Gasteiger partial charge in [-0.1, -0.05) is 0 Å². The molecule has 9 nitrogen and oxygen atoms in total. The number of aromatic nitrogens is 1. The number of anilines is 3. The summed E-state index contributed by atoms with van der Waals surface area (Å²) in [7, 11) is -2.21. The Morgan fingerprint density at radius 2 is 1.94 bits per heavy atom. The van der Waals surface area contributed by atoms with E-state index in [0.29, 0.717) is 34.9 Å². The number of benzene rings is 2. The average Bonchev–Trinajstić information content (AvgIpc) is 3.36. The van der Waals surface area contributed by atoms with Crippen molar-refractivity contribution in [2.24, 2.45) is 0 Å². The predicted octanol–water partition coefficient (Wildman–Crippen LogP) is 2.88. The van der Waals surface area contributed by atoms with Crippen LogP contribution in [0.4, 0.5) is 16.5 Å². The van der Waals surface area contributed by atoms with Gasteiger partial charge in [0.1, 0.15) is 5.75 Å². The van der Waals surface area contributed by atoms with Crippen LogP contribution in [0.2, 0.25) is 0 Å². The van der Waals surface area contributed by atoms with Crippen molar-refractivity contribution in [1.29, 1.82) is 0 Å². The number of rotatable bonds is 5. The summed E-state index contributed by atoms with van der Waals surface area (Å²) >= 11 is 1.16. The first-order valence-corrected chi connectivity index (χ1v) is 12.6. The number of nitrogens with zero attached hydrogens (tertiary/aromatic N) is 3. The van der Waals surface area contributed by atoms with Crippen molar-refractivity contribution in [2.75, 3.05) is 34.7 Å². The molecule has 0 saturated carbocycles. The number of carbonyl (C=O) groups excluding carboxylic acids is 2. The number of sulfonamides is 1. The van der Waals surface area contributed by atoms with Gasteiger partial charge in [-0.2, -0.15) is 0 Å². The normalized spacial score (nSPS) is 15.3. The van der Waals surface area contributed by atoms with Crippen molar-refractivity contribution in [3.05, 3.63) is 47.3 Å². The third-order valence-electron chi connectivity index (χ3n) is 5.68. The van der Waals surface area contributed by atoms with E-state index in [1.807, 2.05) is 19.1 Å². The molecule has 2 aliphatic rings. The van der Waals surface area contributed by atoms with Crippen molar-refractivity contribution >= 4 is 49.7 Å². The Morgan fingerprint density at radius 1 is 1.12 bits per heavy atom. The maximum absolute atomic E-state index is 12.9. The van der Waals surface area contributed by atoms with E-state index in [0.717, 1.165) is 16.9 Å². The van der Waals surface area contributed by atoms with Gasteiger partial charge in [-0.25, -0.2) is 13.4 Å². The summed E-state index contributed by atoms with van der Waals surface area (Å²) in [5, 5.41) is 1.97. The third-order valence-corrected chi connectivity index (χ3v) is 7.90. The summed E-state index contributed by atoms with van der Waals surface area (Å²) in [4.78, 5) is 31.7. The zero-order chi connectivity index (χ0) is 23.3. The molecule has 170 valence electrons. The number of amides is 2. The molecule has 1 N–H and O–H groups in total. The Morgan fingerprint density at radius 3 is 2.73 bits per heavy atom. The zero-order valence-electron chi connectivity index (χ0n) is 17.9. The highest BCUT2D eigenvalue weighted by Gasteiger charge is 2.27. The first kappa shape index (κ1) is 21.4. The molecule has 0 spiro atoms. The summed E-state index contributed by atoms with van der Waals surface area (Å²) in [5.74, 6) is 0.434. The van der Waals surface area contributed by atoms with E-state index >= 15 is 0 Å². The molecule has 0 aliphatic carbocycles. The second kappa shape index (κ2) is 7.85. The molecule has 5 rings (SSSR count). The lowest BCUT2D eigenvalue weighted by Gasteiger charge is -2.28. The topological polar surface area (TPSA) is 109 Å². The van der Waals surface area contributed by atoms with E-state index in [1.54, 1.807) is 29.5 Å². The maximum atomic E-state index is 12.9. The van der Waals surface area contributed by atoms with Crippen molar-refractivity contribution < 1.29 is 22.7 Å². The number of likely N-dealkylation sites (N-methyl/N-ethyl adjacent to an activating group) is 2. The van der Waals surface area contributed by atoms with Gasteiger partial charge in [0.2, 0.25) is 5.91 Å². The van der Waals surface area contributed by atoms with Gasteiger partial charge in [-0.05, 0) is 48.9 Å². The highest BCUT2D eigenvalue weighted by Crippen LogP contribution is 2.37. The third kappa shape index (κ3) is 3.72. The van der Waals surface area contributed by atoms with Gasteiger partial charge in [0.15, 0.2) is 11.7 Å². The molecule has 0 unspecified atom stereocenters. The molecule has 1 aromatic heterocycles. The number of nitrogens with one attached hydrogen (secondary N) is 1. The lowest BCUT2D eigenvalue weighted by molar-refractivity contribution is -0.121. The fraction of sp³-hybridized carbons (Fsp3) is 0.227. The molecule has 2 aliphatic heterocycles. The van der Waals surface area contributed by atoms with E-state index in [-0.39, 0.29) is 34.9 Å². The minimum absolute atomic E-state index is 0.00988. The zero-order valence-corrected chi connectivity index (χ0v) is 19.5. The van der Waals surface area contributed by atoms with E-state index < -0.39 is 10.0 Å². The van der Waals surface area contributed by atoms with Crippen molar-refractivity contribution in [1.82, 2.24) is 4.98 Å². The van der Waals surface area contributed by atoms with E-state index in [2.05, 4.69) is 9.71 Å². The minimum Gasteiger partial charge on any atom is -0.482 e. The Hall–Kier alpha value is -3.44. The van der Waals surface area contributed by atoms with Gasteiger partial charge in [-0.15, -0.1) is 11.3 Å². The summed E-state index contributed by atoms with van der Waals surface area (Å²) in [6.07, 6.45) is 0.177. The first-order valence-electron chi connectivity index (χ1n) is 10.2. The molecule has 3 aromatic rings. The molecule has 11 heteroatoms. The Labute approximate surface area is 194 Å². The van der Waals surface area contributed by atoms with Gasteiger partial charge >= 0.3 is 0 Å². The monoisotopic (exact) mass is 484 g/mol. The number of fused-ring (bicyclic) bond motifs is 2. The lowest BCUT2D eigenvalue weighted by Crippen LogP contribution is -2.38. The molecule has 0 radical (unpaired) electrons. The number of thiazole rings is 1. The summed E-state index contributed by atoms with van der Waals surface area (Å²) < 4.78 is 33.9. The van der Waals surface area contributed by atoms with Crippen LogP contribution in [0.3, 0.4) is 0 Å². The molecular weight excluding hydrogens is 464 g/mol. The maximum Gasteiger partial charge on any atom is 0.265 e. The fourth-order valence-electron chi connectivity index (χ4n) is 3.95. The van der Waals surface area contributed by atoms with Crippen molar-refractivity contribution in [3.8, 4) is 17.0 Å². The standard InChI is InChI=1S/C22H20N4O5S2/c1-3-26-18-9-13(4-7-19(18)31-11-21(26)28)16-12-32-22(23-16)24-33(29,30)15-5-6-17-14(8-15)10-20(27)25(17)2/h4-9,12H,3,10-11H2,1-2H3,(H,23,24). The Balaban J connectivity index is 1.40. The SMILES string of the molecule is CCN1C(=O)COc2ccc(-c3csc(NS(=O)(=O)c4ccc5c(c4)CC(=O)N5C)n3)cc21. The summed E-state index contributed by atoms with van der Waals surface area (Å²) in [6.45, 7) is 2.42. The van der Waals surface area contributed by atoms with Crippen LogP contribution in [0.15, 0.2) is 46.7 Å². The first-order chi connectivity index (χ1) is 15.8. The minimum atomic E-state index is -3.88. The van der Waals surface area contributed by atoms with Crippen LogP contribution in [0.25, 0.3) is 11.3 Å². The molecule has 0 atom stereocenters. The fourth-order valence-corrected chi connectivity index (χ4v) is 5.97. The molecule has 0 bridgehead atoms. The number of ether oxygens (including phenoxy) is 1. The highest BCUT2D eigenvalue weighted by atomic mass is 32.2. The van der Waals surface area contributed by atoms with Crippen LogP contribution < -0.4 is 19.3 Å². The van der Waals surface area contributed by atoms with E-state index in [4.69, 9.17) is 4.74 Å². The number of hydrogen-bond donors (Lipinski definition) is 1. The van der Waals surface area contributed by atoms with E-state index in [1.165, 1.54) is 17.0 Å². The number of carbonyl (C=O) groups is 2. The van der Waals surface area contributed by atoms with Gasteiger partial charge in [0, 0.05) is 30.2 Å². The molecule has 2 aromatic carbocycles. The van der Waals surface area contributed by atoms with Crippen LogP contribution >= 0.6 is 11.3 Å². The smallest absolute Gasteiger partial charge is 0.265 e. The van der Waals surface area contributed by atoms with Gasteiger partial charge < -0.3 is 14.5 Å². The van der Waals surface area contributed by atoms with Gasteiger partial charge in [-0.3, -0.25) is 14.3 Å². The van der Waals surface area contributed by atoms with Gasteiger partial charge in [0.25, 0.3) is 15.9 Å². The molecular formula is C22H20N4O5S2. The molecule has 2 amide bonds. The second-order valence-corrected chi connectivity index (χ2v) is 10.2. The highest BCUT2D eigenvalue weighted by molar-refractivity contribution is 7.93. The Bertz CT molecular complexity index is 1400. The average molecular weight is 485 g/mol. The molecule has 3 heterocycles. The largest absolute Gasteiger partial charge is 0.482 e. The van der Waals surface area contributed by atoms with Crippen LogP contribution in [0.5, 0.6) is 5.75 Å². The number of hydrogen-bond acceptors (Lipinski definition) is 7. The van der Waals surface area contributed by atoms with Crippen LogP contribution in [0, 0.1) is 0 Å². The van der Waals surface area contributed by atoms with Crippen molar-refractivity contribution in [2.45, 2.75) is 18.2 Å². The van der Waals surface area contributed by atoms with Crippen LogP contribution in [0.1, 0.15) is 12.5 Å². The summed E-state index contributed by atoms with van der Waals surface area (Å²) in [5.41, 5.74) is 3.38.